The maximum atomic E-state index is 5.46. The van der Waals surface area contributed by atoms with Gasteiger partial charge in [-0.15, -0.1) is 12.6 Å². The van der Waals surface area contributed by atoms with Gasteiger partial charge >= 0.3 is 0 Å². The molecule has 0 atom stereocenters. The van der Waals surface area contributed by atoms with Crippen molar-refractivity contribution in [2.24, 2.45) is 5.73 Å². The Morgan fingerprint density at radius 1 is 1.15 bits per heavy atom. The summed E-state index contributed by atoms with van der Waals surface area (Å²) in [4.78, 5) is 8.20. The molecule has 0 spiro atoms. The van der Waals surface area contributed by atoms with Crippen LogP contribution in [0.1, 0.15) is 19.5 Å². The van der Waals surface area contributed by atoms with E-state index >= 15 is 0 Å². The van der Waals surface area contributed by atoms with Crippen molar-refractivity contribution in [1.82, 2.24) is 9.97 Å². The Hall–Kier alpha value is -1.78. The molecule has 1 aromatic carbocycles. The first kappa shape index (κ1) is 16.3. The van der Waals surface area contributed by atoms with Crippen LogP contribution in [0, 0.1) is 0 Å². The third kappa shape index (κ3) is 5.07. The molecule has 0 bridgehead atoms. The molecule has 20 heavy (non-hydrogen) atoms. The van der Waals surface area contributed by atoms with Crippen LogP contribution in [-0.4, -0.2) is 9.97 Å². The second-order valence-corrected chi connectivity index (χ2v) is 4.31. The van der Waals surface area contributed by atoms with Gasteiger partial charge in [0.15, 0.2) is 0 Å². The molecule has 0 aliphatic rings. The van der Waals surface area contributed by atoms with Gasteiger partial charge in [-0.05, 0) is 24.3 Å². The van der Waals surface area contributed by atoms with E-state index in [0.29, 0.717) is 6.54 Å². The molecule has 3 rings (SSSR count). The maximum Gasteiger partial charge on any atom is 0.0487 e. The molecule has 0 amide bonds. The van der Waals surface area contributed by atoms with Crippen LogP contribution in [0.3, 0.4) is 0 Å². The number of nitrogens with two attached hydrogens (primary N) is 1. The van der Waals surface area contributed by atoms with Crippen molar-refractivity contribution in [2.75, 3.05) is 0 Å². The second-order valence-electron chi connectivity index (χ2n) is 3.80. The van der Waals surface area contributed by atoms with Gasteiger partial charge in [0.25, 0.3) is 0 Å². The number of nitrogens with zero attached hydrogens (tertiary/aromatic N) is 1. The SMILES string of the molecule is CC.NCc1cc2cnccc2[nH]1.Sc1ccccc1. The number of hydrogen-bond acceptors (Lipinski definition) is 3. The van der Waals surface area contributed by atoms with Crippen LogP contribution in [0.15, 0.2) is 59.8 Å². The Labute approximate surface area is 125 Å². The number of fused-ring (bicyclic) bond motifs is 1. The minimum Gasteiger partial charge on any atom is -0.357 e. The molecule has 3 nitrogen and oxygen atoms in total. The number of thiol groups is 1. The monoisotopic (exact) mass is 287 g/mol. The van der Waals surface area contributed by atoms with E-state index in [9.17, 15) is 0 Å². The first-order valence-corrected chi connectivity index (χ1v) is 7.10. The highest BCUT2D eigenvalue weighted by Crippen LogP contribution is 2.12. The topological polar surface area (TPSA) is 54.7 Å². The number of rotatable bonds is 1. The number of aromatic amines is 1. The fourth-order valence-electron chi connectivity index (χ4n) is 1.57. The average Bonchev–Trinajstić information content (AvgIpc) is 2.94. The van der Waals surface area contributed by atoms with Gasteiger partial charge in [-0.1, -0.05) is 32.0 Å². The number of aromatic nitrogens is 2. The number of H-pyrrole nitrogens is 1. The van der Waals surface area contributed by atoms with Crippen molar-refractivity contribution in [3.8, 4) is 0 Å². The summed E-state index contributed by atoms with van der Waals surface area (Å²) in [5, 5.41) is 1.12. The number of hydrogen-bond donors (Lipinski definition) is 3. The van der Waals surface area contributed by atoms with Crippen LogP contribution < -0.4 is 5.73 Å². The second kappa shape index (κ2) is 9.18. The van der Waals surface area contributed by atoms with Gasteiger partial charge in [0.2, 0.25) is 0 Å². The van der Waals surface area contributed by atoms with Crippen molar-refractivity contribution < 1.29 is 0 Å². The predicted octanol–water partition coefficient (Wildman–Crippen LogP) is 4.02. The predicted molar refractivity (Wildman–Crippen MR) is 89.0 cm³/mol. The highest BCUT2D eigenvalue weighted by atomic mass is 32.1. The van der Waals surface area contributed by atoms with E-state index in [2.05, 4.69) is 22.6 Å². The largest absolute Gasteiger partial charge is 0.357 e. The third-order valence-corrected chi connectivity index (χ3v) is 2.75. The van der Waals surface area contributed by atoms with Gasteiger partial charge in [-0.25, -0.2) is 0 Å². The Balaban J connectivity index is 0.000000193. The summed E-state index contributed by atoms with van der Waals surface area (Å²) in [7, 11) is 0. The van der Waals surface area contributed by atoms with Gasteiger partial charge in [0.1, 0.15) is 0 Å². The lowest BCUT2D eigenvalue weighted by Gasteiger charge is -1.85. The quantitative estimate of drug-likeness (QED) is 0.592. The van der Waals surface area contributed by atoms with E-state index in [1.807, 2.05) is 62.5 Å². The van der Waals surface area contributed by atoms with Crippen molar-refractivity contribution in [3.63, 3.8) is 0 Å². The molecular formula is C16H21N3S. The lowest BCUT2D eigenvalue weighted by atomic mass is 10.3. The number of nitrogens with one attached hydrogen (secondary N) is 1. The molecule has 2 heterocycles. The molecular weight excluding hydrogens is 266 g/mol. The van der Waals surface area contributed by atoms with E-state index < -0.39 is 0 Å². The van der Waals surface area contributed by atoms with Crippen LogP contribution in [0.2, 0.25) is 0 Å². The molecule has 0 radical (unpaired) electrons. The molecule has 0 fully saturated rings. The lowest BCUT2D eigenvalue weighted by Crippen LogP contribution is -1.94. The standard InChI is InChI=1S/C8H9N3.C6H6S.C2H6/c9-4-7-3-6-5-10-2-1-8(6)11-7;7-6-4-2-1-3-5-6;1-2/h1-3,5,11H,4,9H2;1-5,7H;1-2H3. The summed E-state index contributed by atoms with van der Waals surface area (Å²) in [5.41, 5.74) is 7.61. The van der Waals surface area contributed by atoms with E-state index in [1.165, 1.54) is 0 Å². The van der Waals surface area contributed by atoms with Crippen LogP contribution in [-0.2, 0) is 6.54 Å². The molecule has 4 heteroatoms. The third-order valence-electron chi connectivity index (χ3n) is 2.45. The molecule has 0 aliphatic carbocycles. The zero-order valence-electron chi connectivity index (χ0n) is 11.9. The molecule has 106 valence electrons. The molecule has 0 unspecified atom stereocenters. The summed E-state index contributed by atoms with van der Waals surface area (Å²) >= 11 is 4.08. The van der Waals surface area contributed by atoms with E-state index in [1.54, 1.807) is 6.20 Å². The van der Waals surface area contributed by atoms with Gasteiger partial charge < -0.3 is 10.7 Å². The molecule has 3 N–H and O–H groups in total. The first-order valence-electron chi connectivity index (χ1n) is 6.65. The zero-order chi connectivity index (χ0) is 14.8. The van der Waals surface area contributed by atoms with Gasteiger partial charge in [0.05, 0.1) is 0 Å². The van der Waals surface area contributed by atoms with E-state index in [-0.39, 0.29) is 0 Å². The number of benzene rings is 1. The van der Waals surface area contributed by atoms with Crippen LogP contribution in [0.5, 0.6) is 0 Å². The molecule has 0 saturated carbocycles. The average molecular weight is 287 g/mol. The minimum atomic E-state index is 0.550. The highest BCUT2D eigenvalue weighted by Gasteiger charge is 1.96. The van der Waals surface area contributed by atoms with E-state index in [0.717, 1.165) is 21.5 Å². The Bertz CT molecular complexity index is 572. The first-order chi connectivity index (χ1) is 9.79. The van der Waals surface area contributed by atoms with Gasteiger partial charge in [-0.3, -0.25) is 4.98 Å². The molecule has 2 aromatic heterocycles. The molecule has 3 aromatic rings. The minimum absolute atomic E-state index is 0.550. The van der Waals surface area contributed by atoms with Crippen molar-refractivity contribution in [2.45, 2.75) is 25.3 Å². The summed E-state index contributed by atoms with van der Waals surface area (Å²) in [5.74, 6) is 0. The lowest BCUT2D eigenvalue weighted by molar-refractivity contribution is 1.02. The van der Waals surface area contributed by atoms with Crippen molar-refractivity contribution in [3.05, 3.63) is 60.6 Å². The summed E-state index contributed by atoms with van der Waals surface area (Å²) in [6.45, 7) is 4.55. The van der Waals surface area contributed by atoms with Gasteiger partial charge in [-0.2, -0.15) is 0 Å². The Kier molecular flexibility index (Phi) is 7.47. The Morgan fingerprint density at radius 3 is 2.35 bits per heavy atom. The Morgan fingerprint density at radius 2 is 1.85 bits per heavy atom. The maximum absolute atomic E-state index is 5.46. The smallest absolute Gasteiger partial charge is 0.0487 e. The van der Waals surface area contributed by atoms with Crippen molar-refractivity contribution >= 4 is 23.5 Å². The van der Waals surface area contributed by atoms with E-state index in [4.69, 9.17) is 5.73 Å². The summed E-state index contributed by atoms with van der Waals surface area (Å²) in [6, 6.07) is 13.7. The van der Waals surface area contributed by atoms with Crippen molar-refractivity contribution in [1.29, 1.82) is 0 Å². The normalized spacial score (nSPS) is 9.20. The van der Waals surface area contributed by atoms with Crippen LogP contribution in [0.4, 0.5) is 0 Å². The van der Waals surface area contributed by atoms with Crippen LogP contribution >= 0.6 is 12.6 Å². The fraction of sp³-hybridized carbons (Fsp3) is 0.188. The summed E-state index contributed by atoms with van der Waals surface area (Å²) in [6.07, 6.45) is 3.59. The number of pyridine rings is 1. The fourth-order valence-corrected chi connectivity index (χ4v) is 1.74. The zero-order valence-corrected chi connectivity index (χ0v) is 12.8. The highest BCUT2D eigenvalue weighted by molar-refractivity contribution is 7.80. The molecule has 0 saturated heterocycles. The molecule has 0 aliphatic heterocycles. The summed E-state index contributed by atoms with van der Waals surface area (Å²) < 4.78 is 0. The van der Waals surface area contributed by atoms with Crippen LogP contribution in [0.25, 0.3) is 10.9 Å². The van der Waals surface area contributed by atoms with Gasteiger partial charge in [0, 0.05) is 40.4 Å².